The highest BCUT2D eigenvalue weighted by Gasteiger charge is 2.34. The SMILES string of the molecule is Cc1ccc2c(c1)N(CC(=O)N1CCC[C@H](C)C1)C(=O)[C@@H](C)O2. The third-order valence-electron chi connectivity index (χ3n) is 4.63. The molecule has 0 N–H and O–H groups in total. The Hall–Kier alpha value is -2.04. The van der Waals surface area contributed by atoms with E-state index in [0.29, 0.717) is 17.4 Å². The van der Waals surface area contributed by atoms with E-state index >= 15 is 0 Å². The van der Waals surface area contributed by atoms with Crippen LogP contribution in [-0.2, 0) is 9.59 Å². The first-order valence-electron chi connectivity index (χ1n) is 8.32. The number of hydrogen-bond acceptors (Lipinski definition) is 3. The molecule has 23 heavy (non-hydrogen) atoms. The number of anilines is 1. The van der Waals surface area contributed by atoms with Crippen LogP contribution in [0.25, 0.3) is 0 Å². The molecule has 0 aliphatic carbocycles. The van der Waals surface area contributed by atoms with Crippen LogP contribution in [0.1, 0.15) is 32.3 Å². The molecule has 1 aromatic rings. The van der Waals surface area contributed by atoms with Crippen molar-refractivity contribution in [3.05, 3.63) is 23.8 Å². The van der Waals surface area contributed by atoms with Gasteiger partial charge in [-0.2, -0.15) is 0 Å². The summed E-state index contributed by atoms with van der Waals surface area (Å²) in [4.78, 5) is 28.6. The highest BCUT2D eigenvalue weighted by molar-refractivity contribution is 6.03. The van der Waals surface area contributed by atoms with E-state index in [0.717, 1.165) is 25.1 Å². The summed E-state index contributed by atoms with van der Waals surface area (Å²) in [6.45, 7) is 7.53. The molecule has 124 valence electrons. The molecule has 3 rings (SSSR count). The fraction of sp³-hybridized carbons (Fsp3) is 0.556. The van der Waals surface area contributed by atoms with Crippen LogP contribution < -0.4 is 9.64 Å². The van der Waals surface area contributed by atoms with E-state index in [4.69, 9.17) is 4.74 Å². The Kier molecular flexibility index (Phi) is 4.28. The molecule has 0 unspecified atom stereocenters. The summed E-state index contributed by atoms with van der Waals surface area (Å²) in [5.41, 5.74) is 1.74. The summed E-state index contributed by atoms with van der Waals surface area (Å²) in [5, 5.41) is 0. The fourth-order valence-corrected chi connectivity index (χ4v) is 3.33. The van der Waals surface area contributed by atoms with Crippen LogP contribution in [0.2, 0.25) is 0 Å². The van der Waals surface area contributed by atoms with Crippen LogP contribution in [-0.4, -0.2) is 42.5 Å². The zero-order valence-electron chi connectivity index (χ0n) is 14.0. The number of rotatable bonds is 2. The maximum Gasteiger partial charge on any atom is 0.268 e. The van der Waals surface area contributed by atoms with Crippen molar-refractivity contribution in [3.8, 4) is 5.75 Å². The monoisotopic (exact) mass is 316 g/mol. The molecule has 2 aliphatic heterocycles. The van der Waals surface area contributed by atoms with Gasteiger partial charge in [0.2, 0.25) is 5.91 Å². The van der Waals surface area contributed by atoms with Crippen molar-refractivity contribution in [2.75, 3.05) is 24.5 Å². The van der Waals surface area contributed by atoms with Gasteiger partial charge in [-0.1, -0.05) is 13.0 Å². The molecule has 2 heterocycles. The van der Waals surface area contributed by atoms with Crippen LogP contribution in [0, 0.1) is 12.8 Å². The number of nitrogens with zero attached hydrogens (tertiary/aromatic N) is 2. The first-order chi connectivity index (χ1) is 11.0. The first kappa shape index (κ1) is 15.8. The van der Waals surface area contributed by atoms with Crippen LogP contribution >= 0.6 is 0 Å². The van der Waals surface area contributed by atoms with Gasteiger partial charge in [-0.3, -0.25) is 14.5 Å². The summed E-state index contributed by atoms with van der Waals surface area (Å²) in [6, 6.07) is 5.73. The summed E-state index contributed by atoms with van der Waals surface area (Å²) in [7, 11) is 0. The number of aryl methyl sites for hydroxylation is 1. The highest BCUT2D eigenvalue weighted by Crippen LogP contribution is 2.34. The molecule has 2 aliphatic rings. The zero-order valence-corrected chi connectivity index (χ0v) is 14.0. The standard InChI is InChI=1S/C18H24N2O3/c1-12-6-7-16-15(9-12)20(18(22)14(3)23-16)11-17(21)19-8-4-5-13(2)10-19/h6-7,9,13-14H,4-5,8,10-11H2,1-3H3/t13-,14+/m0/s1. The number of fused-ring (bicyclic) bond motifs is 1. The number of hydrogen-bond donors (Lipinski definition) is 0. The number of carbonyl (C=O) groups is 2. The van der Waals surface area contributed by atoms with E-state index < -0.39 is 6.10 Å². The Balaban J connectivity index is 1.82. The van der Waals surface area contributed by atoms with Crippen LogP contribution in [0.5, 0.6) is 5.75 Å². The van der Waals surface area contributed by atoms with Gasteiger partial charge < -0.3 is 9.64 Å². The van der Waals surface area contributed by atoms with Gasteiger partial charge >= 0.3 is 0 Å². The van der Waals surface area contributed by atoms with Crippen molar-refractivity contribution in [1.29, 1.82) is 0 Å². The van der Waals surface area contributed by atoms with E-state index in [9.17, 15) is 9.59 Å². The Morgan fingerprint density at radius 3 is 2.87 bits per heavy atom. The lowest BCUT2D eigenvalue weighted by Gasteiger charge is -2.36. The van der Waals surface area contributed by atoms with Gasteiger partial charge in [0.15, 0.2) is 6.10 Å². The van der Waals surface area contributed by atoms with Gasteiger partial charge in [0.1, 0.15) is 12.3 Å². The summed E-state index contributed by atoms with van der Waals surface area (Å²) in [5.74, 6) is 1.07. The van der Waals surface area contributed by atoms with Gasteiger partial charge in [0.05, 0.1) is 5.69 Å². The quantitative estimate of drug-likeness (QED) is 0.841. The Bertz CT molecular complexity index is 629. The first-order valence-corrected chi connectivity index (χ1v) is 8.32. The average molecular weight is 316 g/mol. The molecule has 0 aromatic heterocycles. The molecule has 5 nitrogen and oxygen atoms in total. The molecule has 0 spiro atoms. The zero-order chi connectivity index (χ0) is 16.6. The Labute approximate surface area is 137 Å². The molecule has 5 heteroatoms. The van der Waals surface area contributed by atoms with Gasteiger partial charge in [-0.15, -0.1) is 0 Å². The number of ether oxygens (including phenoxy) is 1. The van der Waals surface area contributed by atoms with Crippen molar-refractivity contribution in [2.45, 2.75) is 39.7 Å². The van der Waals surface area contributed by atoms with E-state index in [-0.39, 0.29) is 18.4 Å². The predicted octanol–water partition coefficient (Wildman–Crippen LogP) is 2.37. The maximum atomic E-state index is 12.7. The molecular weight excluding hydrogens is 292 g/mol. The normalized spacial score (nSPS) is 24.2. The maximum absolute atomic E-state index is 12.7. The topological polar surface area (TPSA) is 49.9 Å². The lowest BCUT2D eigenvalue weighted by atomic mass is 10.0. The second kappa shape index (κ2) is 6.22. The molecule has 1 fully saturated rings. The number of carbonyl (C=O) groups excluding carboxylic acids is 2. The van der Waals surface area contributed by atoms with Crippen LogP contribution in [0.3, 0.4) is 0 Å². The van der Waals surface area contributed by atoms with Crippen molar-refractivity contribution >= 4 is 17.5 Å². The van der Waals surface area contributed by atoms with E-state index in [1.807, 2.05) is 30.0 Å². The van der Waals surface area contributed by atoms with Crippen LogP contribution in [0.4, 0.5) is 5.69 Å². The van der Waals surface area contributed by atoms with Gasteiger partial charge in [0, 0.05) is 13.1 Å². The molecular formula is C18H24N2O3. The lowest BCUT2D eigenvalue weighted by Crippen LogP contribution is -2.51. The summed E-state index contributed by atoms with van der Waals surface area (Å²) in [6.07, 6.45) is 1.65. The summed E-state index contributed by atoms with van der Waals surface area (Å²) < 4.78 is 5.66. The predicted molar refractivity (Wildman–Crippen MR) is 88.6 cm³/mol. The number of benzene rings is 1. The van der Waals surface area contributed by atoms with E-state index in [2.05, 4.69) is 6.92 Å². The van der Waals surface area contributed by atoms with Crippen molar-refractivity contribution in [3.63, 3.8) is 0 Å². The number of piperidine rings is 1. The van der Waals surface area contributed by atoms with Gasteiger partial charge in [-0.25, -0.2) is 0 Å². The average Bonchev–Trinajstić information content (AvgIpc) is 2.52. The Morgan fingerprint density at radius 1 is 1.35 bits per heavy atom. The smallest absolute Gasteiger partial charge is 0.268 e. The summed E-state index contributed by atoms with van der Waals surface area (Å²) >= 11 is 0. The number of likely N-dealkylation sites (tertiary alicyclic amines) is 1. The van der Waals surface area contributed by atoms with Crippen molar-refractivity contribution in [1.82, 2.24) is 4.90 Å². The minimum atomic E-state index is -0.557. The molecule has 2 amide bonds. The molecule has 0 bridgehead atoms. The van der Waals surface area contributed by atoms with E-state index in [1.165, 1.54) is 6.42 Å². The highest BCUT2D eigenvalue weighted by atomic mass is 16.5. The van der Waals surface area contributed by atoms with Gasteiger partial charge in [0.25, 0.3) is 5.91 Å². The Morgan fingerprint density at radius 2 is 2.13 bits per heavy atom. The van der Waals surface area contributed by atoms with Crippen LogP contribution in [0.15, 0.2) is 18.2 Å². The minimum absolute atomic E-state index is 0.0199. The second-order valence-corrected chi connectivity index (χ2v) is 6.74. The minimum Gasteiger partial charge on any atom is -0.479 e. The molecule has 0 saturated carbocycles. The third-order valence-corrected chi connectivity index (χ3v) is 4.63. The number of amides is 2. The fourth-order valence-electron chi connectivity index (χ4n) is 3.33. The van der Waals surface area contributed by atoms with Crippen molar-refractivity contribution < 1.29 is 14.3 Å². The molecule has 1 saturated heterocycles. The lowest BCUT2D eigenvalue weighted by molar-refractivity contribution is -0.134. The van der Waals surface area contributed by atoms with Crippen molar-refractivity contribution in [2.24, 2.45) is 5.92 Å². The largest absolute Gasteiger partial charge is 0.479 e. The molecule has 1 aromatic carbocycles. The second-order valence-electron chi connectivity index (χ2n) is 6.74. The third kappa shape index (κ3) is 3.19. The molecule has 2 atom stereocenters. The van der Waals surface area contributed by atoms with E-state index in [1.54, 1.807) is 11.8 Å². The van der Waals surface area contributed by atoms with Gasteiger partial charge in [-0.05, 0) is 50.3 Å². The molecule has 0 radical (unpaired) electrons.